The highest BCUT2D eigenvalue weighted by Gasteiger charge is 2.59. The minimum absolute atomic E-state index is 0.0334. The Labute approximate surface area is 299 Å². The van der Waals surface area contributed by atoms with Crippen molar-refractivity contribution in [1.82, 2.24) is 0 Å². The summed E-state index contributed by atoms with van der Waals surface area (Å²) in [5.74, 6) is -1.70. The molecule has 5 rings (SSSR count). The van der Waals surface area contributed by atoms with E-state index in [4.69, 9.17) is 42.3 Å². The summed E-state index contributed by atoms with van der Waals surface area (Å²) < 4.78 is 57.8. The van der Waals surface area contributed by atoms with Crippen molar-refractivity contribution in [3.05, 3.63) is 84.4 Å². The van der Waals surface area contributed by atoms with Gasteiger partial charge in [0.2, 0.25) is 0 Å². The Morgan fingerprint density at radius 1 is 0.860 bits per heavy atom. The Hall–Kier alpha value is -2.00. The van der Waals surface area contributed by atoms with Gasteiger partial charge >= 0.3 is 0 Å². The predicted octanol–water partition coefficient (Wildman–Crippen LogP) is 6.51. The molecule has 0 spiro atoms. The Morgan fingerprint density at radius 3 is 2.00 bits per heavy atom. The van der Waals surface area contributed by atoms with Gasteiger partial charge in [-0.2, -0.15) is 0 Å². The Balaban J connectivity index is 1.41. The molecule has 0 aromatic heterocycles. The first-order valence-electron chi connectivity index (χ1n) is 17.7. The van der Waals surface area contributed by atoms with Gasteiger partial charge in [0.05, 0.1) is 26.4 Å². The summed E-state index contributed by atoms with van der Waals surface area (Å²) >= 11 is 0. The van der Waals surface area contributed by atoms with Crippen molar-refractivity contribution in [3.63, 3.8) is 0 Å². The summed E-state index contributed by atoms with van der Waals surface area (Å²) in [5.41, 5.74) is 1.95. The summed E-state index contributed by atoms with van der Waals surface area (Å²) in [6.45, 7) is 23.5. The summed E-state index contributed by atoms with van der Waals surface area (Å²) in [4.78, 5) is 0. The van der Waals surface area contributed by atoms with Gasteiger partial charge in [-0.25, -0.2) is 0 Å². The van der Waals surface area contributed by atoms with Gasteiger partial charge in [0.15, 0.2) is 26.2 Å². The maximum atomic E-state index is 12.3. The molecule has 0 aliphatic carbocycles. The topological polar surface area (TPSA) is 103 Å². The van der Waals surface area contributed by atoms with Crippen LogP contribution in [0.15, 0.2) is 73.3 Å². The molecular formula is C39H58O10Si. The second-order valence-corrected chi connectivity index (χ2v) is 20.7. The maximum absolute atomic E-state index is 12.3. The van der Waals surface area contributed by atoms with E-state index < -0.39 is 75.0 Å². The fourth-order valence-corrected chi connectivity index (χ4v) is 7.20. The van der Waals surface area contributed by atoms with Crippen molar-refractivity contribution in [2.45, 2.75) is 147 Å². The molecule has 50 heavy (non-hydrogen) atoms. The molecule has 10 nitrogen and oxygen atoms in total. The Kier molecular flexibility index (Phi) is 12.5. The van der Waals surface area contributed by atoms with Crippen LogP contribution < -0.4 is 0 Å². The first-order chi connectivity index (χ1) is 23.5. The molecule has 3 aliphatic rings. The number of ether oxygens (including phenoxy) is 8. The summed E-state index contributed by atoms with van der Waals surface area (Å²) in [7, 11) is -2.21. The molecule has 2 aromatic rings. The zero-order valence-corrected chi connectivity index (χ0v) is 32.2. The van der Waals surface area contributed by atoms with Crippen LogP contribution in [0.25, 0.3) is 0 Å². The lowest BCUT2D eigenvalue weighted by molar-refractivity contribution is -0.375. The fraction of sp³-hybridized carbons (Fsp3) is 0.641. The molecule has 3 fully saturated rings. The summed E-state index contributed by atoms with van der Waals surface area (Å²) in [6, 6.07) is 19.8. The zero-order valence-electron chi connectivity index (χ0n) is 31.2. The zero-order chi connectivity index (χ0) is 36.3. The van der Waals surface area contributed by atoms with Crippen molar-refractivity contribution >= 4 is 8.32 Å². The monoisotopic (exact) mass is 714 g/mol. The molecule has 1 N–H and O–H groups in total. The van der Waals surface area contributed by atoms with E-state index >= 15 is 0 Å². The predicted molar refractivity (Wildman–Crippen MR) is 192 cm³/mol. The second kappa shape index (κ2) is 15.9. The van der Waals surface area contributed by atoms with E-state index in [1.54, 1.807) is 6.08 Å². The number of hydrogen-bond acceptors (Lipinski definition) is 10. The van der Waals surface area contributed by atoms with Crippen LogP contribution in [0.2, 0.25) is 18.1 Å². The summed E-state index contributed by atoms with van der Waals surface area (Å²) in [6.07, 6.45) is -5.08. The van der Waals surface area contributed by atoms with E-state index in [0.29, 0.717) is 6.61 Å². The standard InChI is InChI=1S/C39H58O10Si/c1-11-28(45-36-35-34(48-39(7,8)49-35)33-30(46-36)24-43-38(5,6)47-33)31(40)32(42-23-27-20-16-13-17-21-27)29(25-44-50(9,10)37(2,3)4)41-22-26-18-14-12-15-19-26/h11-21,28-36,40H,1,22-25H2,2-10H3/t28-,29+,30-,31-,32-,33-,34+,35+,36+/m1/s1. The maximum Gasteiger partial charge on any atom is 0.192 e. The van der Waals surface area contributed by atoms with E-state index in [1.165, 1.54) is 0 Å². The van der Waals surface area contributed by atoms with Gasteiger partial charge in [-0.15, -0.1) is 6.58 Å². The normalized spacial score (nSPS) is 28.6. The van der Waals surface area contributed by atoms with Crippen LogP contribution in [0, 0.1) is 0 Å². The molecule has 2 aromatic carbocycles. The van der Waals surface area contributed by atoms with Gasteiger partial charge in [0.25, 0.3) is 0 Å². The molecule has 9 atom stereocenters. The van der Waals surface area contributed by atoms with Crippen LogP contribution in [-0.4, -0.2) is 93.3 Å². The molecule has 0 bridgehead atoms. The van der Waals surface area contributed by atoms with Crippen LogP contribution in [0.1, 0.15) is 59.6 Å². The third kappa shape index (κ3) is 9.70. The number of aliphatic hydroxyl groups excluding tert-OH is 1. The van der Waals surface area contributed by atoms with Crippen LogP contribution in [-0.2, 0) is 55.5 Å². The smallest absolute Gasteiger partial charge is 0.192 e. The second-order valence-electron chi connectivity index (χ2n) is 15.9. The highest BCUT2D eigenvalue weighted by Crippen LogP contribution is 2.43. The lowest BCUT2D eigenvalue weighted by Gasteiger charge is -2.48. The molecule has 3 heterocycles. The third-order valence-corrected chi connectivity index (χ3v) is 14.5. The number of rotatable bonds is 15. The van der Waals surface area contributed by atoms with E-state index in [0.717, 1.165) is 11.1 Å². The first-order valence-corrected chi connectivity index (χ1v) is 20.6. The minimum Gasteiger partial charge on any atom is -0.414 e. The van der Waals surface area contributed by atoms with Crippen LogP contribution in [0.4, 0.5) is 0 Å². The Morgan fingerprint density at radius 2 is 1.42 bits per heavy atom. The van der Waals surface area contributed by atoms with Crippen molar-refractivity contribution < 1.29 is 47.4 Å². The molecule has 0 amide bonds. The highest BCUT2D eigenvalue weighted by molar-refractivity contribution is 6.74. The van der Waals surface area contributed by atoms with Gasteiger partial charge in [-0.1, -0.05) is 87.5 Å². The van der Waals surface area contributed by atoms with E-state index in [-0.39, 0.29) is 24.9 Å². The van der Waals surface area contributed by atoms with Crippen molar-refractivity contribution in [3.8, 4) is 0 Å². The molecule has 3 saturated heterocycles. The number of fused-ring (bicyclic) bond motifs is 3. The quantitative estimate of drug-likeness (QED) is 0.162. The number of hydrogen-bond donors (Lipinski definition) is 1. The van der Waals surface area contributed by atoms with Crippen LogP contribution in [0.3, 0.4) is 0 Å². The molecule has 0 saturated carbocycles. The summed E-state index contributed by atoms with van der Waals surface area (Å²) in [5, 5.41) is 12.2. The van der Waals surface area contributed by atoms with Crippen LogP contribution >= 0.6 is 0 Å². The lowest BCUT2D eigenvalue weighted by Crippen LogP contribution is -2.64. The van der Waals surface area contributed by atoms with Gasteiger partial charge in [-0.3, -0.25) is 0 Å². The molecular weight excluding hydrogens is 657 g/mol. The van der Waals surface area contributed by atoms with Gasteiger partial charge in [-0.05, 0) is 57.0 Å². The number of aliphatic hydroxyl groups is 1. The average molecular weight is 715 g/mol. The largest absolute Gasteiger partial charge is 0.414 e. The fourth-order valence-electron chi connectivity index (χ4n) is 6.18. The van der Waals surface area contributed by atoms with Gasteiger partial charge in [0.1, 0.15) is 48.8 Å². The highest BCUT2D eigenvalue weighted by atomic mass is 28.4. The lowest BCUT2D eigenvalue weighted by atomic mass is 9.97. The Bertz CT molecular complexity index is 1360. The van der Waals surface area contributed by atoms with Gasteiger partial charge in [0, 0.05) is 0 Å². The van der Waals surface area contributed by atoms with Crippen molar-refractivity contribution in [1.29, 1.82) is 0 Å². The van der Waals surface area contributed by atoms with E-state index in [2.05, 4.69) is 40.4 Å². The van der Waals surface area contributed by atoms with E-state index in [9.17, 15) is 5.11 Å². The minimum atomic E-state index is -2.21. The van der Waals surface area contributed by atoms with Gasteiger partial charge < -0.3 is 47.4 Å². The molecule has 0 unspecified atom stereocenters. The molecule has 11 heteroatoms. The van der Waals surface area contributed by atoms with Crippen molar-refractivity contribution in [2.24, 2.45) is 0 Å². The van der Waals surface area contributed by atoms with Crippen molar-refractivity contribution in [2.75, 3.05) is 13.2 Å². The average Bonchev–Trinajstić information content (AvgIpc) is 3.40. The molecule has 0 radical (unpaired) electrons. The third-order valence-electron chi connectivity index (χ3n) is 10.0. The molecule has 278 valence electrons. The number of benzene rings is 2. The first kappa shape index (κ1) is 39.2. The molecule has 3 aliphatic heterocycles. The van der Waals surface area contributed by atoms with E-state index in [1.807, 2.05) is 88.4 Å². The SMILES string of the molecule is C=C[C@@H](O[C@H]1O[C@@H]2COC(C)(C)O[C@H]2[C@@H]2OC(C)(C)O[C@H]12)[C@@H](O)[C@H](OCc1ccccc1)[C@H](CO[Si](C)(C)C(C)(C)C)OCc1ccccc1. The van der Waals surface area contributed by atoms with Crippen LogP contribution in [0.5, 0.6) is 0 Å².